The van der Waals surface area contributed by atoms with Gasteiger partial charge in [-0.2, -0.15) is 0 Å². The monoisotopic (exact) mass is 776 g/mol. The van der Waals surface area contributed by atoms with Crippen molar-refractivity contribution in [1.29, 1.82) is 0 Å². The lowest BCUT2D eigenvalue weighted by atomic mass is 9.76. The average molecular weight is 777 g/mol. The van der Waals surface area contributed by atoms with Gasteiger partial charge < -0.3 is 18.3 Å². The molecule has 0 radical (unpaired) electrons. The topological polar surface area (TPSA) is 36.9 Å². The fourth-order valence-electron chi connectivity index (χ4n) is 7.15. The average Bonchev–Trinajstić information content (AvgIpc) is 3.04. The Balaban J connectivity index is 1.77. The third-order valence-corrected chi connectivity index (χ3v) is 11.7. The van der Waals surface area contributed by atoms with E-state index in [0.717, 1.165) is 28.4 Å². The third-order valence-electron chi connectivity index (χ3n) is 10.7. The maximum absolute atomic E-state index is 7.14. The molecule has 5 aromatic carbocycles. The molecule has 0 aliphatic heterocycles. The Kier molecular flexibility index (Phi) is 11.5. The highest BCUT2D eigenvalue weighted by Gasteiger charge is 2.32. The number of methoxy groups -OCH3 is 1. The normalized spacial score (nSPS) is 13.4. The molecule has 0 aliphatic rings. The highest BCUT2D eigenvalue weighted by atomic mass is 31.2. The minimum Gasteiger partial charge on any atom is -0.497 e. The lowest BCUT2D eigenvalue weighted by molar-refractivity contribution is 0.376. The fourth-order valence-corrected chi connectivity index (χ4v) is 8.18. The van der Waals surface area contributed by atoms with Gasteiger partial charge in [0.2, 0.25) is 0 Å². The van der Waals surface area contributed by atoms with E-state index in [1.807, 2.05) is 24.3 Å². The first kappa shape index (κ1) is 43.4. The van der Waals surface area contributed by atoms with Crippen molar-refractivity contribution in [3.05, 3.63) is 106 Å². The summed E-state index contributed by atoms with van der Waals surface area (Å²) in [6.45, 7) is 40.9. The van der Waals surface area contributed by atoms with Gasteiger partial charge in [-0.25, -0.2) is 0 Å². The minimum atomic E-state index is -2.01. The molecule has 0 amide bonds. The molecule has 5 rings (SSSR count). The van der Waals surface area contributed by atoms with E-state index in [0.29, 0.717) is 5.75 Å². The summed E-state index contributed by atoms with van der Waals surface area (Å²) in [5.41, 5.74) is 6.81. The highest BCUT2D eigenvalue weighted by molar-refractivity contribution is 7.43. The Morgan fingerprint density at radius 3 is 1.00 bits per heavy atom. The second-order valence-corrected chi connectivity index (χ2v) is 22.9. The van der Waals surface area contributed by atoms with E-state index >= 15 is 0 Å². The van der Waals surface area contributed by atoms with Crippen LogP contribution in [0.1, 0.15) is 158 Å². The van der Waals surface area contributed by atoms with Crippen molar-refractivity contribution >= 4 is 30.1 Å². The number of hydrogen-bond donors (Lipinski definition) is 0. The van der Waals surface area contributed by atoms with E-state index in [2.05, 4.69) is 173 Å². The first-order chi connectivity index (χ1) is 25.5. The molecule has 5 heteroatoms. The molecule has 56 heavy (non-hydrogen) atoms. The van der Waals surface area contributed by atoms with Crippen LogP contribution in [0.25, 0.3) is 21.5 Å². The van der Waals surface area contributed by atoms with Crippen LogP contribution in [0.15, 0.2) is 72.8 Å². The van der Waals surface area contributed by atoms with Gasteiger partial charge in [-0.3, -0.25) is 0 Å². The van der Waals surface area contributed by atoms with E-state index in [1.165, 1.54) is 43.8 Å². The smallest absolute Gasteiger partial charge is 0.497 e. The largest absolute Gasteiger partial charge is 0.530 e. The Morgan fingerprint density at radius 1 is 0.357 bits per heavy atom. The number of rotatable bonds is 7. The van der Waals surface area contributed by atoms with Crippen molar-refractivity contribution in [3.63, 3.8) is 0 Å². The Morgan fingerprint density at radius 2 is 0.696 bits per heavy atom. The van der Waals surface area contributed by atoms with Crippen molar-refractivity contribution < 1.29 is 18.3 Å². The summed E-state index contributed by atoms with van der Waals surface area (Å²) in [7, 11) is -0.337. The molecule has 5 aromatic rings. The van der Waals surface area contributed by atoms with Crippen molar-refractivity contribution in [2.45, 2.75) is 157 Å². The molecule has 0 unspecified atom stereocenters. The summed E-state index contributed by atoms with van der Waals surface area (Å²) in [6.07, 6.45) is 0. The van der Waals surface area contributed by atoms with Crippen LogP contribution in [-0.4, -0.2) is 7.11 Å². The fraction of sp³-hybridized carbons (Fsp3) is 0.490. The van der Waals surface area contributed by atoms with E-state index < -0.39 is 8.60 Å². The summed E-state index contributed by atoms with van der Waals surface area (Å²) in [6, 6.07) is 26.2. The van der Waals surface area contributed by atoms with Crippen LogP contribution < -0.4 is 18.3 Å². The third kappa shape index (κ3) is 9.67. The summed E-state index contributed by atoms with van der Waals surface area (Å²) >= 11 is 0. The highest BCUT2D eigenvalue weighted by Crippen LogP contribution is 2.51. The quantitative estimate of drug-likeness (QED) is 0.154. The van der Waals surface area contributed by atoms with Crippen molar-refractivity contribution in [2.75, 3.05) is 7.11 Å². The Hall–Kier alpha value is -3.75. The second-order valence-electron chi connectivity index (χ2n) is 21.9. The maximum atomic E-state index is 7.14. The van der Waals surface area contributed by atoms with Crippen molar-refractivity contribution in [1.82, 2.24) is 0 Å². The molecular formula is C51H69O4P. The zero-order valence-electron chi connectivity index (χ0n) is 38.0. The number of benzene rings is 5. The SMILES string of the molecule is COc1ccc(OP(Oc2cc3c(C(C)(C)C)cc(C(C)(C)C)cc3cc2C(C)(C)C)Oc2cc3c(C(C)(C)C)cc(C(C)(C)C)cc3cc2C(C)(C)C)cc1. The van der Waals surface area contributed by atoms with Gasteiger partial charge in [-0.05, 0) is 125 Å². The molecule has 0 aromatic heterocycles. The molecule has 0 saturated carbocycles. The van der Waals surface area contributed by atoms with Crippen LogP contribution in [0, 0.1) is 0 Å². The number of fused-ring (bicyclic) bond motifs is 2. The molecule has 0 fully saturated rings. The predicted molar refractivity (Wildman–Crippen MR) is 242 cm³/mol. The molecular weight excluding hydrogens is 708 g/mol. The van der Waals surface area contributed by atoms with E-state index in [4.69, 9.17) is 18.3 Å². The molecule has 0 saturated heterocycles. The Bertz CT molecular complexity index is 2070. The van der Waals surface area contributed by atoms with E-state index in [-0.39, 0.29) is 32.5 Å². The molecule has 0 spiro atoms. The molecule has 0 heterocycles. The maximum Gasteiger partial charge on any atom is 0.530 e. The zero-order valence-corrected chi connectivity index (χ0v) is 38.9. The zero-order chi connectivity index (χ0) is 42.0. The van der Waals surface area contributed by atoms with Crippen LogP contribution in [-0.2, 0) is 32.5 Å². The second kappa shape index (κ2) is 14.9. The summed E-state index contributed by atoms with van der Waals surface area (Å²) < 4.78 is 26.5. The number of hydrogen-bond acceptors (Lipinski definition) is 4. The van der Waals surface area contributed by atoms with Gasteiger partial charge >= 0.3 is 8.60 Å². The number of ether oxygens (including phenoxy) is 1. The lowest BCUT2D eigenvalue weighted by Gasteiger charge is -2.31. The minimum absolute atomic E-state index is 0.00537. The van der Waals surface area contributed by atoms with Crippen LogP contribution >= 0.6 is 8.60 Å². The van der Waals surface area contributed by atoms with Gasteiger partial charge in [0.05, 0.1) is 7.11 Å². The van der Waals surface area contributed by atoms with Gasteiger partial charge in [-0.1, -0.05) is 149 Å². The van der Waals surface area contributed by atoms with Gasteiger partial charge in [0, 0.05) is 11.1 Å². The van der Waals surface area contributed by atoms with Gasteiger partial charge in [0.15, 0.2) is 0 Å². The van der Waals surface area contributed by atoms with Crippen LogP contribution in [0.4, 0.5) is 0 Å². The molecule has 0 aliphatic carbocycles. The summed E-state index contributed by atoms with van der Waals surface area (Å²) in [5, 5.41) is 4.79. The predicted octanol–water partition coefficient (Wildman–Crippen LogP) is 15.6. The summed E-state index contributed by atoms with van der Waals surface area (Å²) in [5.74, 6) is 2.93. The van der Waals surface area contributed by atoms with Crippen LogP contribution in [0.5, 0.6) is 23.0 Å². The molecule has 302 valence electrons. The van der Waals surface area contributed by atoms with Crippen molar-refractivity contribution in [3.8, 4) is 23.0 Å². The van der Waals surface area contributed by atoms with Gasteiger partial charge in [0.25, 0.3) is 0 Å². The lowest BCUT2D eigenvalue weighted by Crippen LogP contribution is -2.19. The van der Waals surface area contributed by atoms with Crippen LogP contribution in [0.3, 0.4) is 0 Å². The molecule has 0 atom stereocenters. The first-order valence-corrected chi connectivity index (χ1v) is 21.3. The van der Waals surface area contributed by atoms with E-state index in [1.54, 1.807) is 7.11 Å². The van der Waals surface area contributed by atoms with Crippen molar-refractivity contribution in [2.24, 2.45) is 0 Å². The molecule has 0 bridgehead atoms. The molecule has 4 nitrogen and oxygen atoms in total. The van der Waals surface area contributed by atoms with Gasteiger partial charge in [-0.15, -0.1) is 0 Å². The van der Waals surface area contributed by atoms with E-state index in [9.17, 15) is 0 Å². The van der Waals surface area contributed by atoms with Crippen LogP contribution in [0.2, 0.25) is 0 Å². The van der Waals surface area contributed by atoms with Gasteiger partial charge in [0.1, 0.15) is 23.0 Å². The first-order valence-electron chi connectivity index (χ1n) is 20.2. The summed E-state index contributed by atoms with van der Waals surface area (Å²) in [4.78, 5) is 0. The molecule has 0 N–H and O–H groups in total. The Labute approximate surface area is 340 Å². The standard InChI is InChI=1S/C51H69O4P/c1-46(2,3)34-24-32-26-42(50(13,14)15)44(30-38(32)40(28-34)48(7,8)9)54-56(53-37-22-20-36(52-19)21-23-37)55-45-31-39-33(27-43(45)51(16,17)18)25-35(47(4,5)6)29-41(39)49(10,11)12/h20-31H,1-19H3.